The minimum atomic E-state index is 0.138. The van der Waals surface area contributed by atoms with Crippen molar-refractivity contribution in [1.29, 1.82) is 5.26 Å². The smallest absolute Gasteiger partial charge is 0.132 e. The summed E-state index contributed by atoms with van der Waals surface area (Å²) in [5.74, 6) is 0.758. The van der Waals surface area contributed by atoms with Crippen LogP contribution in [-0.4, -0.2) is 6.61 Å². The van der Waals surface area contributed by atoms with E-state index < -0.39 is 0 Å². The fourth-order valence-electron chi connectivity index (χ4n) is 1.18. The molecule has 0 saturated carbocycles. The Bertz CT molecular complexity index is 299. The highest BCUT2D eigenvalue weighted by molar-refractivity contribution is 5.40. The highest BCUT2D eigenvalue weighted by Gasteiger charge is 2.15. The van der Waals surface area contributed by atoms with Crippen LogP contribution in [0.15, 0.2) is 23.5 Å². The van der Waals surface area contributed by atoms with Crippen molar-refractivity contribution in [3.8, 4) is 6.07 Å². The van der Waals surface area contributed by atoms with Crippen molar-refractivity contribution < 1.29 is 4.74 Å². The minimum absolute atomic E-state index is 0.138. The van der Waals surface area contributed by atoms with Gasteiger partial charge in [0.1, 0.15) is 11.8 Å². The van der Waals surface area contributed by atoms with Gasteiger partial charge < -0.3 is 4.74 Å². The molecule has 0 bridgehead atoms. The molecule has 0 saturated heterocycles. The quantitative estimate of drug-likeness (QED) is 0.671. The molecule has 76 valence electrons. The van der Waals surface area contributed by atoms with E-state index in [9.17, 15) is 0 Å². The van der Waals surface area contributed by atoms with Crippen molar-refractivity contribution in [1.82, 2.24) is 0 Å². The average molecular weight is 191 g/mol. The second-order valence-electron chi connectivity index (χ2n) is 4.72. The van der Waals surface area contributed by atoms with Crippen LogP contribution in [0.25, 0.3) is 0 Å². The van der Waals surface area contributed by atoms with Crippen LogP contribution in [-0.2, 0) is 4.74 Å². The van der Waals surface area contributed by atoms with Crippen molar-refractivity contribution in [2.24, 2.45) is 5.41 Å². The van der Waals surface area contributed by atoms with E-state index in [2.05, 4.69) is 26.8 Å². The van der Waals surface area contributed by atoms with Gasteiger partial charge in [-0.3, -0.25) is 0 Å². The molecule has 0 amide bonds. The molecule has 1 aliphatic carbocycles. The Balaban J connectivity index is 2.57. The monoisotopic (exact) mass is 191 g/mol. The van der Waals surface area contributed by atoms with E-state index in [1.165, 1.54) is 0 Å². The lowest BCUT2D eigenvalue weighted by molar-refractivity contribution is 0.132. The molecular weight excluding hydrogens is 174 g/mol. The molecule has 1 aliphatic rings. The Kier molecular flexibility index (Phi) is 3.35. The van der Waals surface area contributed by atoms with E-state index in [4.69, 9.17) is 10.00 Å². The third-order valence-electron chi connectivity index (χ3n) is 1.89. The molecule has 0 aromatic rings. The number of hydrogen-bond acceptors (Lipinski definition) is 2. The summed E-state index contributed by atoms with van der Waals surface area (Å²) in [5, 5.41) is 8.85. The number of rotatable bonds is 2. The van der Waals surface area contributed by atoms with E-state index in [-0.39, 0.29) is 5.41 Å². The largest absolute Gasteiger partial charge is 0.492 e. The van der Waals surface area contributed by atoms with E-state index in [1.807, 2.05) is 12.2 Å². The fraction of sp³-hybridized carbons (Fsp3) is 0.583. The van der Waals surface area contributed by atoms with Gasteiger partial charge >= 0.3 is 0 Å². The highest BCUT2D eigenvalue weighted by Crippen LogP contribution is 2.22. The Morgan fingerprint density at radius 1 is 1.36 bits per heavy atom. The molecule has 2 nitrogen and oxygen atoms in total. The van der Waals surface area contributed by atoms with Crippen molar-refractivity contribution >= 4 is 0 Å². The SMILES string of the molecule is CC(C)(C)COC1=CCCC=C1C#N. The van der Waals surface area contributed by atoms with Gasteiger partial charge in [0.05, 0.1) is 12.2 Å². The maximum absolute atomic E-state index is 8.85. The van der Waals surface area contributed by atoms with Crippen LogP contribution in [0.1, 0.15) is 33.6 Å². The van der Waals surface area contributed by atoms with Crippen molar-refractivity contribution in [3.63, 3.8) is 0 Å². The fourth-order valence-corrected chi connectivity index (χ4v) is 1.18. The molecule has 0 heterocycles. The van der Waals surface area contributed by atoms with Gasteiger partial charge in [-0.05, 0) is 24.3 Å². The Morgan fingerprint density at radius 2 is 2.00 bits per heavy atom. The predicted molar refractivity (Wildman–Crippen MR) is 56.4 cm³/mol. The van der Waals surface area contributed by atoms with Gasteiger partial charge in [-0.15, -0.1) is 0 Å². The molecule has 0 spiro atoms. The molecule has 0 atom stereocenters. The van der Waals surface area contributed by atoms with E-state index >= 15 is 0 Å². The molecular formula is C12H17NO. The molecule has 0 unspecified atom stereocenters. The average Bonchev–Trinajstić information content (AvgIpc) is 2.14. The van der Waals surface area contributed by atoms with Crippen LogP contribution in [0.4, 0.5) is 0 Å². The lowest BCUT2D eigenvalue weighted by atomic mass is 9.98. The zero-order chi connectivity index (χ0) is 10.6. The molecule has 14 heavy (non-hydrogen) atoms. The molecule has 2 heteroatoms. The van der Waals surface area contributed by atoms with Gasteiger partial charge in [0.2, 0.25) is 0 Å². The molecule has 0 aromatic carbocycles. The molecule has 0 N–H and O–H groups in total. The molecule has 0 fully saturated rings. The van der Waals surface area contributed by atoms with Crippen LogP contribution in [0.2, 0.25) is 0 Å². The van der Waals surface area contributed by atoms with Gasteiger partial charge in [-0.2, -0.15) is 5.26 Å². The van der Waals surface area contributed by atoms with Crippen LogP contribution in [0, 0.1) is 16.7 Å². The lowest BCUT2D eigenvalue weighted by Crippen LogP contribution is -2.15. The zero-order valence-electron chi connectivity index (χ0n) is 9.13. The predicted octanol–water partition coefficient (Wildman–Crippen LogP) is 3.18. The van der Waals surface area contributed by atoms with Crippen LogP contribution in [0.3, 0.4) is 0 Å². The second-order valence-corrected chi connectivity index (χ2v) is 4.72. The summed E-state index contributed by atoms with van der Waals surface area (Å²) in [5.41, 5.74) is 0.819. The number of hydrogen-bond donors (Lipinski definition) is 0. The first-order chi connectivity index (χ1) is 6.53. The molecule has 1 rings (SSSR count). The van der Waals surface area contributed by atoms with Gasteiger partial charge in [0, 0.05) is 0 Å². The Morgan fingerprint density at radius 3 is 2.57 bits per heavy atom. The normalized spacial score (nSPS) is 16.7. The highest BCUT2D eigenvalue weighted by atomic mass is 16.5. The first kappa shape index (κ1) is 10.8. The summed E-state index contributed by atoms with van der Waals surface area (Å²) in [6.07, 6.45) is 5.87. The van der Waals surface area contributed by atoms with E-state index in [1.54, 1.807) is 0 Å². The van der Waals surface area contributed by atoms with Crippen molar-refractivity contribution in [2.75, 3.05) is 6.61 Å². The first-order valence-electron chi connectivity index (χ1n) is 4.96. The summed E-state index contributed by atoms with van der Waals surface area (Å²) in [6.45, 7) is 7.00. The number of nitriles is 1. The molecule has 0 aliphatic heterocycles. The van der Waals surface area contributed by atoms with Gasteiger partial charge in [0.25, 0.3) is 0 Å². The van der Waals surface area contributed by atoms with E-state index in [0.717, 1.165) is 18.6 Å². The number of ether oxygens (including phenoxy) is 1. The topological polar surface area (TPSA) is 33.0 Å². The van der Waals surface area contributed by atoms with Gasteiger partial charge in [-0.25, -0.2) is 0 Å². The maximum Gasteiger partial charge on any atom is 0.132 e. The number of nitrogens with zero attached hydrogens (tertiary/aromatic N) is 1. The van der Waals surface area contributed by atoms with Crippen LogP contribution in [0.5, 0.6) is 0 Å². The Hall–Kier alpha value is -1.23. The molecule has 0 radical (unpaired) electrons. The van der Waals surface area contributed by atoms with E-state index in [0.29, 0.717) is 12.2 Å². The van der Waals surface area contributed by atoms with Gasteiger partial charge in [-0.1, -0.05) is 26.8 Å². The third-order valence-corrected chi connectivity index (χ3v) is 1.89. The van der Waals surface area contributed by atoms with Crippen molar-refractivity contribution in [3.05, 3.63) is 23.5 Å². The summed E-state index contributed by atoms with van der Waals surface area (Å²) in [4.78, 5) is 0. The second kappa shape index (κ2) is 4.32. The van der Waals surface area contributed by atoms with Crippen LogP contribution >= 0.6 is 0 Å². The standard InChI is InChI=1S/C12H17NO/c1-12(2,3)9-14-11-7-5-4-6-10(11)8-13/h6-7H,4-5,9H2,1-3H3. The van der Waals surface area contributed by atoms with Crippen LogP contribution < -0.4 is 0 Å². The minimum Gasteiger partial charge on any atom is -0.492 e. The summed E-state index contributed by atoms with van der Waals surface area (Å²) >= 11 is 0. The lowest BCUT2D eigenvalue weighted by Gasteiger charge is -2.21. The maximum atomic E-state index is 8.85. The summed E-state index contributed by atoms with van der Waals surface area (Å²) < 4.78 is 5.62. The van der Waals surface area contributed by atoms with Gasteiger partial charge in [0.15, 0.2) is 0 Å². The van der Waals surface area contributed by atoms with Crippen molar-refractivity contribution in [2.45, 2.75) is 33.6 Å². The summed E-state index contributed by atoms with van der Waals surface area (Å²) in [6, 6.07) is 2.16. The Labute approximate surface area is 85.9 Å². The molecule has 0 aromatic heterocycles. The number of allylic oxidation sites excluding steroid dienone is 3. The third kappa shape index (κ3) is 3.26. The zero-order valence-corrected chi connectivity index (χ0v) is 9.13. The summed E-state index contributed by atoms with van der Waals surface area (Å²) in [7, 11) is 0. The first-order valence-corrected chi connectivity index (χ1v) is 4.96.